The monoisotopic (exact) mass is 404 g/mol. The van der Waals surface area contributed by atoms with Gasteiger partial charge in [-0.15, -0.1) is 0 Å². The minimum absolute atomic E-state index is 0.0398. The third-order valence-corrected chi connectivity index (χ3v) is 5.35. The van der Waals surface area contributed by atoms with Crippen LogP contribution < -0.4 is 0 Å². The van der Waals surface area contributed by atoms with Gasteiger partial charge >= 0.3 is 11.9 Å². The summed E-state index contributed by atoms with van der Waals surface area (Å²) in [5.74, 6) is -1.20. The molecule has 0 spiro atoms. The van der Waals surface area contributed by atoms with E-state index in [1.54, 1.807) is 12.1 Å². The van der Waals surface area contributed by atoms with Gasteiger partial charge in [-0.25, -0.2) is 9.59 Å². The normalized spacial score (nSPS) is 10.9. The van der Waals surface area contributed by atoms with Crippen LogP contribution in [0.4, 0.5) is 0 Å². The van der Waals surface area contributed by atoms with Crippen molar-refractivity contribution < 1.29 is 19.1 Å². The van der Waals surface area contributed by atoms with Gasteiger partial charge in [-0.3, -0.25) is 0 Å². The van der Waals surface area contributed by atoms with Crippen molar-refractivity contribution in [2.75, 3.05) is 14.2 Å². The number of halogens is 1. The lowest BCUT2D eigenvalue weighted by Crippen LogP contribution is -2.03. The van der Waals surface area contributed by atoms with E-state index in [2.05, 4.69) is 24.3 Å². The highest BCUT2D eigenvalue weighted by Crippen LogP contribution is 2.41. The van der Waals surface area contributed by atoms with Gasteiger partial charge in [0.25, 0.3) is 0 Å². The first kappa shape index (κ1) is 19.0. The van der Waals surface area contributed by atoms with Crippen LogP contribution in [0.5, 0.6) is 0 Å². The summed E-state index contributed by atoms with van der Waals surface area (Å²) in [5.41, 5.74) is 5.63. The lowest BCUT2D eigenvalue weighted by Gasteiger charge is -1.99. The van der Waals surface area contributed by atoms with Crippen molar-refractivity contribution in [3.05, 3.63) is 82.9 Å². The summed E-state index contributed by atoms with van der Waals surface area (Å²) in [4.78, 5) is 24.6. The number of hydrogen-bond acceptors (Lipinski definition) is 4. The maximum atomic E-state index is 12.3. The van der Waals surface area contributed by atoms with Gasteiger partial charge in [-0.2, -0.15) is 0 Å². The van der Waals surface area contributed by atoms with Gasteiger partial charge in [0.1, 0.15) is 0 Å². The molecule has 0 aromatic rings. The van der Waals surface area contributed by atoms with Crippen molar-refractivity contribution >= 4 is 23.5 Å². The van der Waals surface area contributed by atoms with Gasteiger partial charge in [-0.05, 0) is 45.5 Å². The Kier molecular flexibility index (Phi) is 4.95. The molecule has 4 aliphatic rings. The molecule has 0 aliphatic heterocycles. The molecule has 0 bridgehead atoms. The van der Waals surface area contributed by atoms with Gasteiger partial charge < -0.3 is 9.47 Å². The Labute approximate surface area is 173 Å². The number of hydrogen-bond donors (Lipinski definition) is 0. The van der Waals surface area contributed by atoms with Crippen LogP contribution in [0.15, 0.2) is 66.7 Å². The fourth-order valence-corrected chi connectivity index (χ4v) is 3.91. The number of carbonyl (C=O) groups excluding carboxylic acids is 2. The van der Waals surface area contributed by atoms with Crippen molar-refractivity contribution in [2.45, 2.75) is 0 Å². The summed E-state index contributed by atoms with van der Waals surface area (Å²) in [6.45, 7) is 0. The maximum absolute atomic E-state index is 12.3. The topological polar surface area (TPSA) is 52.6 Å². The number of carbonyl (C=O) groups is 2. The zero-order valence-electron chi connectivity index (χ0n) is 15.9. The van der Waals surface area contributed by atoms with E-state index in [-0.39, 0.29) is 16.1 Å². The number of fused-ring (bicyclic) bond motifs is 2. The van der Waals surface area contributed by atoms with Crippen LogP contribution in [0, 0.1) is 0 Å². The van der Waals surface area contributed by atoms with Crippen LogP contribution in [0.3, 0.4) is 0 Å². The lowest BCUT2D eigenvalue weighted by molar-refractivity contribution is 0.0600. The first-order valence-electron chi connectivity index (χ1n) is 8.96. The summed E-state index contributed by atoms with van der Waals surface area (Å²) in [6, 6.07) is 21.7. The number of esters is 2. The molecule has 0 N–H and O–H groups in total. The van der Waals surface area contributed by atoms with E-state index >= 15 is 0 Å². The highest BCUT2D eigenvalue weighted by atomic mass is 35.5. The molecule has 4 nitrogen and oxygen atoms in total. The average molecular weight is 405 g/mol. The Morgan fingerprint density at radius 1 is 0.655 bits per heavy atom. The van der Waals surface area contributed by atoms with Crippen LogP contribution in [0.2, 0.25) is 5.02 Å². The molecule has 0 unspecified atom stereocenters. The zero-order chi connectivity index (χ0) is 20.5. The van der Waals surface area contributed by atoms with Crippen molar-refractivity contribution in [3.63, 3.8) is 0 Å². The van der Waals surface area contributed by atoms with Crippen LogP contribution in [-0.4, -0.2) is 26.2 Å². The molecule has 0 amide bonds. The second-order valence-electron chi connectivity index (χ2n) is 6.56. The van der Waals surface area contributed by atoms with Crippen molar-refractivity contribution in [2.24, 2.45) is 0 Å². The molecular formula is C24H17ClO4. The van der Waals surface area contributed by atoms with Crippen LogP contribution in [0.25, 0.3) is 33.4 Å². The molecule has 0 heterocycles. The minimum Gasteiger partial charge on any atom is -0.465 e. The van der Waals surface area contributed by atoms with Gasteiger partial charge in [0.15, 0.2) is 0 Å². The van der Waals surface area contributed by atoms with Crippen LogP contribution in [-0.2, 0) is 9.47 Å². The number of methoxy groups -OCH3 is 2. The third-order valence-electron chi connectivity index (χ3n) is 4.97. The Hall–Kier alpha value is -3.37. The first-order chi connectivity index (χ1) is 14.0. The molecular weight excluding hydrogens is 388 g/mol. The fraction of sp³-hybridized carbons (Fsp3) is 0.0833. The molecule has 0 aromatic heterocycles. The van der Waals surface area contributed by atoms with Gasteiger partial charge in [0.2, 0.25) is 0 Å². The Balaban J connectivity index is 1.94. The molecule has 29 heavy (non-hydrogen) atoms. The Morgan fingerprint density at radius 3 is 1.59 bits per heavy atom. The summed E-state index contributed by atoms with van der Waals surface area (Å²) in [5, 5.41) is 0.0398. The molecule has 0 radical (unpaired) electrons. The van der Waals surface area contributed by atoms with E-state index in [1.807, 2.05) is 30.3 Å². The van der Waals surface area contributed by atoms with E-state index in [1.165, 1.54) is 14.2 Å². The first-order valence-corrected chi connectivity index (χ1v) is 9.34. The predicted octanol–water partition coefficient (Wildman–Crippen LogP) is 5.79. The Morgan fingerprint density at radius 2 is 1.14 bits per heavy atom. The molecule has 0 aromatic carbocycles. The summed E-state index contributed by atoms with van der Waals surface area (Å²) < 4.78 is 9.74. The number of rotatable bonds is 3. The van der Waals surface area contributed by atoms with Crippen molar-refractivity contribution in [1.29, 1.82) is 0 Å². The molecule has 4 rings (SSSR count). The SMILES string of the molecule is COC(=O)c1c2ccc(-c3cc4cccccc-4c3)ccc-2c(C(=O)OC)c1Cl. The summed E-state index contributed by atoms with van der Waals surface area (Å²) in [6.07, 6.45) is 0. The maximum Gasteiger partial charge on any atom is 0.340 e. The highest BCUT2D eigenvalue weighted by molar-refractivity contribution is 6.39. The quantitative estimate of drug-likeness (QED) is 0.405. The van der Waals surface area contributed by atoms with E-state index in [0.29, 0.717) is 11.1 Å². The summed E-state index contributed by atoms with van der Waals surface area (Å²) >= 11 is 6.36. The second-order valence-corrected chi connectivity index (χ2v) is 6.94. The number of ether oxygens (including phenoxy) is 2. The second kappa shape index (κ2) is 7.57. The van der Waals surface area contributed by atoms with Gasteiger partial charge in [0, 0.05) is 0 Å². The standard InChI is InChI=1S/C24H17ClO4/c1-28-23(26)20-18-10-8-14(9-11-19(18)21(22(20)25)24(27)29-2)17-12-15-6-4-3-5-7-16(15)13-17/h3-13H,1-2H3. The smallest absolute Gasteiger partial charge is 0.340 e. The highest BCUT2D eigenvalue weighted by Gasteiger charge is 2.30. The molecule has 144 valence electrons. The fourth-order valence-electron chi connectivity index (χ4n) is 3.56. The van der Waals surface area contributed by atoms with Crippen molar-refractivity contribution in [1.82, 2.24) is 0 Å². The molecule has 0 saturated carbocycles. The zero-order valence-corrected chi connectivity index (χ0v) is 16.6. The third kappa shape index (κ3) is 3.22. The van der Waals surface area contributed by atoms with Gasteiger partial charge in [0.05, 0.1) is 30.4 Å². The van der Waals surface area contributed by atoms with Crippen LogP contribution in [0.1, 0.15) is 20.7 Å². The van der Waals surface area contributed by atoms with E-state index < -0.39 is 11.9 Å². The van der Waals surface area contributed by atoms with E-state index in [0.717, 1.165) is 22.3 Å². The van der Waals surface area contributed by atoms with Crippen LogP contribution >= 0.6 is 11.6 Å². The predicted molar refractivity (Wildman–Crippen MR) is 113 cm³/mol. The minimum atomic E-state index is -0.602. The molecule has 5 heteroatoms. The Bertz CT molecular complexity index is 1100. The van der Waals surface area contributed by atoms with Gasteiger partial charge in [-0.1, -0.05) is 66.2 Å². The average Bonchev–Trinajstić information content (AvgIpc) is 3.05. The molecule has 0 saturated heterocycles. The molecule has 0 atom stereocenters. The van der Waals surface area contributed by atoms with E-state index in [4.69, 9.17) is 21.1 Å². The molecule has 0 fully saturated rings. The lowest BCUT2D eigenvalue weighted by atomic mass is 10.1. The largest absolute Gasteiger partial charge is 0.465 e. The van der Waals surface area contributed by atoms with E-state index in [9.17, 15) is 9.59 Å². The molecule has 4 aliphatic carbocycles. The summed E-state index contributed by atoms with van der Waals surface area (Å²) in [7, 11) is 2.55. The van der Waals surface area contributed by atoms with Crippen molar-refractivity contribution in [3.8, 4) is 33.4 Å².